The van der Waals surface area contributed by atoms with Crippen LogP contribution in [0.5, 0.6) is 0 Å². The first kappa shape index (κ1) is 40.8. The SMILES string of the molecule is CCc1cccc(-c2c(Cl)cccc2C(O)(CCCCCO[Si](c2ccccc2)(c2ccccc2)C(C)(C)C)C2CCCN(C(=O)OC(C)(C)C)C2)c1. The second-order valence-electron chi connectivity index (χ2n) is 16.7. The fourth-order valence-corrected chi connectivity index (χ4v) is 13.1. The van der Waals surface area contributed by atoms with E-state index >= 15 is 0 Å². The van der Waals surface area contributed by atoms with Gasteiger partial charge in [0.25, 0.3) is 8.32 Å². The van der Waals surface area contributed by atoms with Crippen molar-refractivity contribution >= 4 is 36.4 Å². The molecule has 1 fully saturated rings. The molecule has 0 spiro atoms. The Balaban J connectivity index is 1.41. The number of carbonyl (C=O) groups excluding carboxylic acids is 1. The van der Waals surface area contributed by atoms with Gasteiger partial charge in [-0.15, -0.1) is 0 Å². The summed E-state index contributed by atoms with van der Waals surface area (Å²) in [5, 5.41) is 16.2. The molecule has 0 aromatic heterocycles. The van der Waals surface area contributed by atoms with Gasteiger partial charge in [0.05, 0.1) is 5.60 Å². The molecule has 5 nitrogen and oxygen atoms in total. The van der Waals surface area contributed by atoms with Crippen LogP contribution in [0.4, 0.5) is 4.79 Å². The maximum atomic E-state index is 13.3. The van der Waals surface area contributed by atoms with Crippen LogP contribution in [-0.4, -0.2) is 49.7 Å². The number of nitrogens with zero attached hydrogens (tertiary/aromatic N) is 1. The van der Waals surface area contributed by atoms with Gasteiger partial charge in [-0.1, -0.05) is 149 Å². The summed E-state index contributed by atoms with van der Waals surface area (Å²) in [7, 11) is -2.63. The summed E-state index contributed by atoms with van der Waals surface area (Å²) < 4.78 is 13.0. The molecular formula is C46H60ClNO4Si. The molecule has 4 aromatic carbocycles. The van der Waals surface area contributed by atoms with Crippen molar-refractivity contribution in [3.8, 4) is 11.1 Å². The Bertz CT molecular complexity index is 1750. The van der Waals surface area contributed by atoms with E-state index in [2.05, 4.69) is 113 Å². The van der Waals surface area contributed by atoms with Crippen molar-refractivity contribution in [2.45, 2.75) is 110 Å². The molecule has 1 saturated heterocycles. The first-order valence-corrected chi connectivity index (χ1v) is 21.8. The molecule has 53 heavy (non-hydrogen) atoms. The molecule has 0 radical (unpaired) electrons. The smallest absolute Gasteiger partial charge is 0.410 e. The van der Waals surface area contributed by atoms with E-state index in [1.165, 1.54) is 15.9 Å². The number of piperidine rings is 1. The fraction of sp³-hybridized carbons (Fsp3) is 0.457. The van der Waals surface area contributed by atoms with E-state index in [1.807, 2.05) is 39.0 Å². The van der Waals surface area contributed by atoms with Crippen molar-refractivity contribution in [1.29, 1.82) is 0 Å². The molecule has 7 heteroatoms. The van der Waals surface area contributed by atoms with Crippen molar-refractivity contribution in [3.05, 3.63) is 119 Å². The van der Waals surface area contributed by atoms with E-state index in [1.54, 1.807) is 4.90 Å². The average molecular weight is 755 g/mol. The van der Waals surface area contributed by atoms with Gasteiger partial charge in [0.1, 0.15) is 5.60 Å². The number of rotatable bonds is 13. The molecule has 1 amide bonds. The standard InChI is InChI=1S/C46H60ClNO4Si/c1-8-35-21-18-22-36(33-35)42-40(28-19-29-41(42)47)46(50,37-23-20-31-48(34-37)43(49)52-44(2,3)4)30-16-11-17-32-51-53(45(5,6)7,38-24-12-9-13-25-38)39-26-14-10-15-27-39/h9-10,12-15,18-19,21-22,24-29,33,37,50H,8,11,16-17,20,23,30-32,34H2,1-7H3. The number of amides is 1. The lowest BCUT2D eigenvalue weighted by molar-refractivity contribution is -0.0634. The monoisotopic (exact) mass is 753 g/mol. The zero-order chi connectivity index (χ0) is 38.3. The van der Waals surface area contributed by atoms with Crippen LogP contribution in [0, 0.1) is 5.92 Å². The second kappa shape index (κ2) is 17.4. The molecule has 0 aliphatic carbocycles. The van der Waals surface area contributed by atoms with Gasteiger partial charge in [-0.05, 0) is 91.0 Å². The number of hydrogen-bond donors (Lipinski definition) is 1. The largest absolute Gasteiger partial charge is 0.444 e. The number of benzene rings is 4. The number of aliphatic hydroxyl groups is 1. The maximum Gasteiger partial charge on any atom is 0.410 e. The summed E-state index contributed by atoms with van der Waals surface area (Å²) in [5.41, 5.74) is 2.10. The number of ether oxygens (including phenoxy) is 1. The van der Waals surface area contributed by atoms with Crippen molar-refractivity contribution in [2.75, 3.05) is 19.7 Å². The lowest BCUT2D eigenvalue weighted by atomic mass is 9.72. The predicted molar refractivity (Wildman–Crippen MR) is 223 cm³/mol. The lowest BCUT2D eigenvalue weighted by Gasteiger charge is -2.44. The molecule has 0 saturated carbocycles. The zero-order valence-corrected chi connectivity index (χ0v) is 34.7. The minimum atomic E-state index is -2.63. The van der Waals surface area contributed by atoms with E-state index < -0.39 is 19.5 Å². The van der Waals surface area contributed by atoms with Crippen molar-refractivity contribution in [2.24, 2.45) is 5.92 Å². The van der Waals surface area contributed by atoms with E-state index in [9.17, 15) is 9.90 Å². The van der Waals surface area contributed by atoms with Gasteiger partial charge >= 0.3 is 6.09 Å². The molecule has 1 aliphatic heterocycles. The second-order valence-corrected chi connectivity index (χ2v) is 21.4. The topological polar surface area (TPSA) is 59.0 Å². The van der Waals surface area contributed by atoms with Crippen LogP contribution in [0.15, 0.2) is 103 Å². The highest BCUT2D eigenvalue weighted by Gasteiger charge is 2.50. The van der Waals surface area contributed by atoms with E-state index in [4.69, 9.17) is 20.8 Å². The Hall–Kier alpha value is -3.42. The van der Waals surface area contributed by atoms with Crippen LogP contribution in [0.3, 0.4) is 0 Å². The predicted octanol–water partition coefficient (Wildman–Crippen LogP) is 10.5. The quantitative estimate of drug-likeness (QED) is 0.109. The van der Waals surface area contributed by atoms with Crippen LogP contribution in [0.2, 0.25) is 10.1 Å². The molecular weight excluding hydrogens is 694 g/mol. The van der Waals surface area contributed by atoms with Gasteiger partial charge in [-0.25, -0.2) is 4.79 Å². The first-order valence-electron chi connectivity index (χ1n) is 19.5. The van der Waals surface area contributed by atoms with Crippen molar-refractivity contribution in [3.63, 3.8) is 0 Å². The number of carbonyl (C=O) groups is 1. The summed E-state index contributed by atoms with van der Waals surface area (Å²) in [4.78, 5) is 15.1. The molecule has 1 heterocycles. The van der Waals surface area contributed by atoms with E-state index in [0.29, 0.717) is 31.1 Å². The summed E-state index contributed by atoms with van der Waals surface area (Å²) in [6.45, 7) is 16.4. The molecule has 1 N–H and O–H groups in total. The number of aryl methyl sites for hydroxylation is 1. The third kappa shape index (κ3) is 9.45. The number of likely N-dealkylation sites (tertiary alicyclic amines) is 1. The first-order chi connectivity index (χ1) is 25.2. The minimum absolute atomic E-state index is 0.0883. The van der Waals surface area contributed by atoms with Gasteiger partial charge < -0.3 is 19.2 Å². The molecule has 2 atom stereocenters. The van der Waals surface area contributed by atoms with E-state index in [-0.39, 0.29) is 17.0 Å². The Morgan fingerprint density at radius 1 is 0.849 bits per heavy atom. The molecule has 4 aromatic rings. The number of halogens is 1. The number of hydrogen-bond acceptors (Lipinski definition) is 4. The molecule has 0 bridgehead atoms. The number of unbranched alkanes of at least 4 members (excludes halogenated alkanes) is 2. The van der Waals surface area contributed by atoms with Crippen LogP contribution in [0.25, 0.3) is 11.1 Å². The van der Waals surface area contributed by atoms with Crippen LogP contribution in [0.1, 0.15) is 98.1 Å². The lowest BCUT2D eigenvalue weighted by Crippen LogP contribution is -2.66. The van der Waals surface area contributed by atoms with Crippen molar-refractivity contribution in [1.82, 2.24) is 4.90 Å². The van der Waals surface area contributed by atoms with Gasteiger partial charge in [0, 0.05) is 36.2 Å². The van der Waals surface area contributed by atoms with Gasteiger partial charge in [-0.2, -0.15) is 0 Å². The van der Waals surface area contributed by atoms with Crippen LogP contribution >= 0.6 is 11.6 Å². The van der Waals surface area contributed by atoms with E-state index in [0.717, 1.165) is 55.2 Å². The third-order valence-corrected chi connectivity index (χ3v) is 16.1. The van der Waals surface area contributed by atoms with Gasteiger partial charge in [0.2, 0.25) is 0 Å². The molecule has 2 unspecified atom stereocenters. The minimum Gasteiger partial charge on any atom is -0.444 e. The molecule has 284 valence electrons. The van der Waals surface area contributed by atoms with Gasteiger partial charge in [0.15, 0.2) is 0 Å². The highest BCUT2D eigenvalue weighted by atomic mass is 35.5. The molecule has 1 aliphatic rings. The Labute approximate surface area is 324 Å². The summed E-state index contributed by atoms with van der Waals surface area (Å²) in [6, 6.07) is 35.9. The highest BCUT2D eigenvalue weighted by molar-refractivity contribution is 6.99. The highest BCUT2D eigenvalue weighted by Crippen LogP contribution is 2.46. The summed E-state index contributed by atoms with van der Waals surface area (Å²) >= 11 is 7.03. The Kier molecular flexibility index (Phi) is 13.4. The Morgan fingerprint density at radius 2 is 1.49 bits per heavy atom. The van der Waals surface area contributed by atoms with Crippen LogP contribution < -0.4 is 10.4 Å². The summed E-state index contributed by atoms with van der Waals surface area (Å²) in [6.07, 6.45) is 5.27. The summed E-state index contributed by atoms with van der Waals surface area (Å²) in [5.74, 6) is -0.191. The normalized spacial score (nSPS) is 16.6. The Morgan fingerprint density at radius 3 is 2.09 bits per heavy atom. The van der Waals surface area contributed by atoms with Crippen molar-refractivity contribution < 1.29 is 19.1 Å². The average Bonchev–Trinajstić information content (AvgIpc) is 3.14. The van der Waals surface area contributed by atoms with Crippen LogP contribution in [-0.2, 0) is 21.2 Å². The van der Waals surface area contributed by atoms with Gasteiger partial charge in [-0.3, -0.25) is 0 Å². The molecule has 5 rings (SSSR count). The maximum absolute atomic E-state index is 13.3. The fourth-order valence-electron chi connectivity index (χ4n) is 8.20. The third-order valence-electron chi connectivity index (χ3n) is 10.8. The zero-order valence-electron chi connectivity index (χ0n) is 33.0.